The van der Waals surface area contributed by atoms with Gasteiger partial charge in [-0.15, -0.1) is 0 Å². The Balaban J connectivity index is 0.000000103. The molecule has 0 heteroatoms. The van der Waals surface area contributed by atoms with Gasteiger partial charge in [-0.25, -0.2) is 0 Å². The van der Waals surface area contributed by atoms with Crippen LogP contribution < -0.4 is 0 Å². The molecular weight excluding hydrogens is 1510 g/mol. The van der Waals surface area contributed by atoms with Crippen LogP contribution in [0.2, 0.25) is 0 Å². The number of benzene rings is 21. The fourth-order valence-electron chi connectivity index (χ4n) is 21.5. The van der Waals surface area contributed by atoms with Crippen LogP contribution in [-0.4, -0.2) is 0 Å². The molecule has 0 aliphatic heterocycles. The summed E-state index contributed by atoms with van der Waals surface area (Å²) in [5.74, 6) is 0. The number of allylic oxidation sites excluding steroid dienone is 6. The van der Waals surface area contributed by atoms with Gasteiger partial charge in [-0.3, -0.25) is 0 Å². The van der Waals surface area contributed by atoms with Crippen molar-refractivity contribution in [3.8, 4) is 33.4 Å². The van der Waals surface area contributed by atoms with Crippen molar-refractivity contribution >= 4 is 132 Å². The van der Waals surface area contributed by atoms with Gasteiger partial charge in [0.2, 0.25) is 0 Å². The molecule has 0 saturated heterocycles. The summed E-state index contributed by atoms with van der Waals surface area (Å²) >= 11 is 0. The van der Waals surface area contributed by atoms with Crippen LogP contribution in [0.1, 0.15) is 100 Å². The van der Waals surface area contributed by atoms with E-state index < -0.39 is 0 Å². The molecule has 0 nitrogen and oxygen atoms in total. The van der Waals surface area contributed by atoms with Crippen molar-refractivity contribution < 1.29 is 0 Å². The molecule has 0 unspecified atom stereocenters. The zero-order chi connectivity index (χ0) is 82.9. The number of rotatable bonds is 9. The lowest BCUT2D eigenvalue weighted by Gasteiger charge is -2.14. The quantitative estimate of drug-likeness (QED) is 0.135. The highest BCUT2D eigenvalue weighted by Gasteiger charge is 2.42. The molecule has 126 heavy (non-hydrogen) atoms. The van der Waals surface area contributed by atoms with Crippen molar-refractivity contribution in [2.24, 2.45) is 0 Å². The lowest BCUT2D eigenvalue weighted by molar-refractivity contribution is 1.54. The molecule has 0 amide bonds. The van der Waals surface area contributed by atoms with Crippen molar-refractivity contribution in [2.75, 3.05) is 0 Å². The van der Waals surface area contributed by atoms with E-state index in [1.165, 1.54) is 265 Å². The minimum absolute atomic E-state index is 1.24. The Morgan fingerprint density at radius 1 is 0.0794 bits per heavy atom. The molecule has 582 valence electrons. The van der Waals surface area contributed by atoms with Gasteiger partial charge in [0.05, 0.1) is 0 Å². The van der Waals surface area contributed by atoms with E-state index in [9.17, 15) is 0 Å². The maximum Gasteiger partial charge on any atom is -0.000741 e. The van der Waals surface area contributed by atoms with Crippen molar-refractivity contribution in [1.29, 1.82) is 0 Å². The summed E-state index contributed by atoms with van der Waals surface area (Å²) in [4.78, 5) is 0. The number of hydrogen-bond donors (Lipinski definition) is 0. The molecule has 27 rings (SSSR count). The Kier molecular flexibility index (Phi) is 17.1. The highest BCUT2D eigenvalue weighted by atomic mass is 14.4. The third-order valence-electron chi connectivity index (χ3n) is 27.0. The molecule has 0 fully saturated rings. The molecule has 0 saturated carbocycles. The zero-order valence-electron chi connectivity index (χ0n) is 69.0. The molecule has 21 aromatic carbocycles. The van der Waals surface area contributed by atoms with E-state index >= 15 is 0 Å². The molecule has 0 N–H and O–H groups in total. The van der Waals surface area contributed by atoms with Crippen LogP contribution in [0.3, 0.4) is 0 Å². The molecule has 6 aliphatic rings. The van der Waals surface area contributed by atoms with Crippen molar-refractivity contribution in [3.05, 3.63) is 573 Å². The van der Waals surface area contributed by atoms with E-state index in [0.29, 0.717) is 0 Å². The Hall–Kier alpha value is -16.4. The third-order valence-corrected chi connectivity index (χ3v) is 27.0. The molecular formula is C126H78. The second kappa shape index (κ2) is 29.8. The predicted octanol–water partition coefficient (Wildman–Crippen LogP) is 32.7. The van der Waals surface area contributed by atoms with Crippen LogP contribution >= 0.6 is 0 Å². The van der Waals surface area contributed by atoms with Crippen LogP contribution in [0.15, 0.2) is 473 Å². The van der Waals surface area contributed by atoms with Crippen LogP contribution in [0.5, 0.6) is 0 Å². The summed E-state index contributed by atoms with van der Waals surface area (Å²) in [5, 5.41) is 15.3. The summed E-state index contributed by atoms with van der Waals surface area (Å²) in [6, 6.07) is 174. The Morgan fingerprint density at radius 3 is 0.611 bits per heavy atom. The molecule has 0 aromatic heterocycles. The molecule has 0 spiro atoms. The van der Waals surface area contributed by atoms with Crippen molar-refractivity contribution in [1.82, 2.24) is 0 Å². The van der Waals surface area contributed by atoms with Gasteiger partial charge < -0.3 is 0 Å². The van der Waals surface area contributed by atoms with Gasteiger partial charge in [0.15, 0.2) is 0 Å². The van der Waals surface area contributed by atoms with Gasteiger partial charge in [-0.2, -0.15) is 0 Å². The van der Waals surface area contributed by atoms with Gasteiger partial charge >= 0.3 is 0 Å². The van der Waals surface area contributed by atoms with E-state index in [0.717, 1.165) is 0 Å². The summed E-state index contributed by atoms with van der Waals surface area (Å²) in [6.45, 7) is 0. The van der Waals surface area contributed by atoms with Crippen LogP contribution in [0, 0.1) is 0 Å². The lowest BCUT2D eigenvalue weighted by Crippen LogP contribution is -1.94. The minimum Gasteiger partial charge on any atom is -0.0622 e. The van der Waals surface area contributed by atoms with E-state index in [4.69, 9.17) is 0 Å². The second-order valence-corrected chi connectivity index (χ2v) is 33.7. The van der Waals surface area contributed by atoms with E-state index in [2.05, 4.69) is 473 Å². The molecule has 6 aliphatic carbocycles. The monoisotopic (exact) mass is 1590 g/mol. The molecule has 0 atom stereocenters. The minimum atomic E-state index is 1.24. The van der Waals surface area contributed by atoms with Crippen LogP contribution in [0.4, 0.5) is 0 Å². The van der Waals surface area contributed by atoms with Crippen LogP contribution in [-0.2, 0) is 0 Å². The first-order valence-corrected chi connectivity index (χ1v) is 43.8. The van der Waals surface area contributed by atoms with Crippen LogP contribution in [0.25, 0.3) is 165 Å². The second-order valence-electron chi connectivity index (χ2n) is 33.7. The predicted molar refractivity (Wildman–Crippen MR) is 534 cm³/mol. The molecule has 0 bridgehead atoms. The third kappa shape index (κ3) is 11.7. The van der Waals surface area contributed by atoms with E-state index in [-0.39, 0.29) is 0 Å². The van der Waals surface area contributed by atoms with Gasteiger partial charge in [-0.05, 0) is 295 Å². The number of fused-ring (bicyclic) bond motifs is 21. The first-order valence-electron chi connectivity index (χ1n) is 43.8. The normalized spacial score (nSPS) is 13.5. The topological polar surface area (TPSA) is 0 Å². The molecule has 0 heterocycles. The summed E-state index contributed by atoms with van der Waals surface area (Å²) in [5.41, 5.74) is 47.2. The maximum atomic E-state index is 2.39. The lowest BCUT2D eigenvalue weighted by atomic mass is 9.88. The van der Waals surface area contributed by atoms with Gasteiger partial charge in [0.1, 0.15) is 0 Å². The molecule has 0 radical (unpaired) electrons. The fraction of sp³-hybridized carbons (Fsp3) is 0. The Labute approximate surface area is 733 Å². The highest BCUT2D eigenvalue weighted by Crippen LogP contribution is 2.63. The van der Waals surface area contributed by atoms with Gasteiger partial charge in [-0.1, -0.05) is 443 Å². The average molecular weight is 1590 g/mol. The summed E-state index contributed by atoms with van der Waals surface area (Å²) in [6.07, 6.45) is 0. The first-order chi connectivity index (χ1) is 62.6. The summed E-state index contributed by atoms with van der Waals surface area (Å²) in [7, 11) is 0. The average Bonchev–Trinajstić information content (AvgIpc) is 1.55. The largest absolute Gasteiger partial charge is 0.0622 e. The SMILES string of the molecule is c1ccc(-c2ccc3c(C4=C5C(=C(c6cccc7ccccc67)c6ccccc65)c5ccccc54)cccc3c2)cc1.c1ccc(-c2ccc3cc(C4=C5C(=C(c6cccc7ccccc67)c6ccccc65)c5ccccc54)ccc3c2)cc1.c1ccc(-c2ccc3ccc(C4=C5C(=C(c6cccc7ccccc67)c6ccccc65)c5ccccc54)cc3c2)cc1. The zero-order valence-corrected chi connectivity index (χ0v) is 69.0. The first kappa shape index (κ1) is 72.4. The Morgan fingerprint density at radius 2 is 0.278 bits per heavy atom. The van der Waals surface area contributed by atoms with Gasteiger partial charge in [0.25, 0.3) is 0 Å². The van der Waals surface area contributed by atoms with Gasteiger partial charge in [0, 0.05) is 0 Å². The number of hydrogen-bond acceptors (Lipinski definition) is 0. The molecule has 21 aromatic rings. The summed E-state index contributed by atoms with van der Waals surface area (Å²) < 4.78 is 0. The maximum absolute atomic E-state index is 2.39. The van der Waals surface area contributed by atoms with Crippen molar-refractivity contribution in [2.45, 2.75) is 0 Å². The highest BCUT2D eigenvalue weighted by molar-refractivity contribution is 6.39. The smallest absolute Gasteiger partial charge is 0.000741 e. The Bertz CT molecular complexity index is 8340. The standard InChI is InChI=1S/3C42H26/c1-2-12-27(13-3-1)29-24-25-32-30(26-29)16-11-23-34(32)40-36-19-7-9-21-38(36)41-39(35-18-6-8-20-37(35)42(40)41)33-22-10-15-28-14-4-5-17-31(28)33;1-2-11-27(12-3-1)30-23-21-28-22-24-31(26-32(28)25-30)39-35-16-6-8-18-37(35)42-40(36-17-7-9-19-38(36)41(39)42)34-20-10-14-29-13-4-5-15-33(29)34;1-2-11-27(12-3-1)29-21-22-31-26-32(24-23-30(31)25-29)39-35-16-6-8-18-37(35)42-40(36-17-7-9-19-38(36)41(39)42)34-20-10-14-28-13-4-5-15-33(28)34/h3*1-26H. The van der Waals surface area contributed by atoms with Crippen molar-refractivity contribution in [3.63, 3.8) is 0 Å². The van der Waals surface area contributed by atoms with E-state index in [1.54, 1.807) is 0 Å². The van der Waals surface area contributed by atoms with E-state index in [1.807, 2.05) is 0 Å². The fourth-order valence-corrected chi connectivity index (χ4v) is 21.5.